The lowest BCUT2D eigenvalue weighted by atomic mass is 10.1. The fraction of sp³-hybridized carbons (Fsp3) is 0.316. The zero-order valence-electron chi connectivity index (χ0n) is 14.9. The van der Waals surface area contributed by atoms with Crippen LogP contribution in [0.1, 0.15) is 5.56 Å². The van der Waals surface area contributed by atoms with Gasteiger partial charge in [-0.1, -0.05) is 18.2 Å². The number of carboxylic acids is 1. The van der Waals surface area contributed by atoms with E-state index < -0.39 is 5.97 Å². The van der Waals surface area contributed by atoms with Gasteiger partial charge in [0.2, 0.25) is 0 Å². The number of hydrogen-bond acceptors (Lipinski definition) is 6. The van der Waals surface area contributed by atoms with Gasteiger partial charge in [0, 0.05) is 49.2 Å². The molecule has 0 spiro atoms. The van der Waals surface area contributed by atoms with Crippen LogP contribution >= 0.6 is 23.7 Å². The second-order valence-electron chi connectivity index (χ2n) is 6.21. The first-order chi connectivity index (χ1) is 12.6. The van der Waals surface area contributed by atoms with E-state index in [1.165, 1.54) is 28.0 Å². The van der Waals surface area contributed by atoms with Crippen LogP contribution in [0, 0.1) is 0 Å². The first kappa shape index (κ1) is 18.9. The van der Waals surface area contributed by atoms with Crippen molar-refractivity contribution in [1.29, 1.82) is 0 Å². The second kappa shape index (κ2) is 8.70. The maximum Gasteiger partial charge on any atom is 0.313 e. The fourth-order valence-corrected chi connectivity index (χ4v) is 4.51. The molecule has 138 valence electrons. The normalized spacial score (nSPS) is 13.8. The number of rotatable bonds is 6. The molecule has 3 rings (SSSR count). The van der Waals surface area contributed by atoms with Gasteiger partial charge in [0.1, 0.15) is 0 Å². The molecule has 0 aromatic heterocycles. The summed E-state index contributed by atoms with van der Waals surface area (Å²) >= 11 is 3.08. The second-order valence-corrected chi connectivity index (χ2v) is 8.13. The monoisotopic (exact) mass is 389 g/mol. The third kappa shape index (κ3) is 4.47. The van der Waals surface area contributed by atoms with Crippen molar-refractivity contribution in [1.82, 2.24) is 4.72 Å². The first-order valence-corrected chi connectivity index (χ1v) is 10.4. The van der Waals surface area contributed by atoms with E-state index >= 15 is 0 Å². The largest absolute Gasteiger partial charge is 0.481 e. The zero-order valence-corrected chi connectivity index (χ0v) is 16.6. The number of nitrogens with one attached hydrogen (secondary N) is 1. The number of nitrogens with zero attached hydrogens (tertiary/aromatic N) is 2. The molecule has 2 aromatic rings. The number of benzene rings is 2. The van der Waals surface area contributed by atoms with Crippen LogP contribution in [0.5, 0.6) is 0 Å². The molecule has 1 heterocycles. The van der Waals surface area contributed by atoms with Gasteiger partial charge in [-0.15, -0.1) is 11.8 Å². The lowest BCUT2D eigenvalue weighted by molar-refractivity contribution is -0.133. The van der Waals surface area contributed by atoms with Gasteiger partial charge >= 0.3 is 5.97 Å². The summed E-state index contributed by atoms with van der Waals surface area (Å²) in [6.45, 7) is 1.78. The maximum absolute atomic E-state index is 10.8. The molecule has 2 N–H and O–H groups in total. The number of para-hydroxylation sites is 1. The van der Waals surface area contributed by atoms with Crippen LogP contribution < -0.4 is 14.5 Å². The summed E-state index contributed by atoms with van der Waals surface area (Å²) in [4.78, 5) is 16.4. The van der Waals surface area contributed by atoms with Gasteiger partial charge in [0.15, 0.2) is 0 Å². The Labute approximate surface area is 162 Å². The van der Waals surface area contributed by atoms with Crippen molar-refractivity contribution in [3.8, 4) is 0 Å². The average Bonchev–Trinajstić information content (AvgIpc) is 2.83. The number of anilines is 3. The standard InChI is InChI=1S/C19H23N3O2S2/c1-21(2)16-11-17-18(10-14(16)12-25-13-19(23)24)26-20-8-9-22(17)15-6-4-3-5-7-15/h3-7,10-11,20H,8-9,12-13H2,1-2H3,(H,23,24). The average molecular weight is 390 g/mol. The van der Waals surface area contributed by atoms with Gasteiger partial charge in [0.05, 0.1) is 11.4 Å². The van der Waals surface area contributed by atoms with E-state index in [4.69, 9.17) is 5.11 Å². The van der Waals surface area contributed by atoms with Gasteiger partial charge in [0.25, 0.3) is 0 Å². The summed E-state index contributed by atoms with van der Waals surface area (Å²) in [7, 11) is 4.06. The Balaban J connectivity index is 1.99. The summed E-state index contributed by atoms with van der Waals surface area (Å²) in [5, 5.41) is 8.91. The van der Waals surface area contributed by atoms with Crippen LogP contribution in [0.25, 0.3) is 0 Å². The molecule has 26 heavy (non-hydrogen) atoms. The van der Waals surface area contributed by atoms with Crippen molar-refractivity contribution in [3.05, 3.63) is 48.0 Å². The molecule has 5 nitrogen and oxygen atoms in total. The van der Waals surface area contributed by atoms with Gasteiger partial charge in [-0.05, 0) is 41.8 Å². The Bertz CT molecular complexity index is 769. The summed E-state index contributed by atoms with van der Waals surface area (Å²) < 4.78 is 3.41. The summed E-state index contributed by atoms with van der Waals surface area (Å²) in [6.07, 6.45) is 0. The molecule has 1 aliphatic heterocycles. The Morgan fingerprint density at radius 3 is 2.77 bits per heavy atom. The van der Waals surface area contributed by atoms with Crippen LogP contribution in [0.2, 0.25) is 0 Å². The minimum atomic E-state index is -0.776. The Kier molecular flexibility index (Phi) is 6.34. The number of thioether (sulfide) groups is 1. The van der Waals surface area contributed by atoms with Crippen molar-refractivity contribution in [2.24, 2.45) is 0 Å². The molecule has 0 atom stereocenters. The predicted molar refractivity (Wildman–Crippen MR) is 112 cm³/mol. The highest BCUT2D eigenvalue weighted by Gasteiger charge is 2.20. The lowest BCUT2D eigenvalue weighted by Gasteiger charge is -2.27. The third-order valence-electron chi connectivity index (χ3n) is 4.10. The van der Waals surface area contributed by atoms with Crippen LogP contribution in [-0.4, -0.2) is 44.0 Å². The van der Waals surface area contributed by atoms with Crippen molar-refractivity contribution in [2.45, 2.75) is 10.6 Å². The molecular weight excluding hydrogens is 366 g/mol. The Hall–Kier alpha value is -1.83. The molecule has 0 saturated carbocycles. The van der Waals surface area contributed by atoms with Gasteiger partial charge in [-0.3, -0.25) is 9.52 Å². The lowest BCUT2D eigenvalue weighted by Crippen LogP contribution is -2.23. The van der Waals surface area contributed by atoms with Crippen LogP contribution in [0.4, 0.5) is 17.1 Å². The minimum absolute atomic E-state index is 0.117. The molecule has 0 amide bonds. The highest BCUT2D eigenvalue weighted by molar-refractivity contribution is 7.99. The number of carbonyl (C=O) groups is 1. The molecule has 7 heteroatoms. The Morgan fingerprint density at radius 2 is 2.08 bits per heavy atom. The highest BCUT2D eigenvalue weighted by Crippen LogP contribution is 2.40. The third-order valence-corrected chi connectivity index (χ3v) is 5.96. The number of hydrogen-bond donors (Lipinski definition) is 2. The van der Waals surface area contributed by atoms with Crippen molar-refractivity contribution in [3.63, 3.8) is 0 Å². The van der Waals surface area contributed by atoms with Crippen molar-refractivity contribution >= 4 is 46.7 Å². The molecular formula is C19H23N3O2S2. The fourth-order valence-electron chi connectivity index (χ4n) is 2.96. The molecule has 0 aliphatic carbocycles. The first-order valence-electron chi connectivity index (χ1n) is 8.42. The summed E-state index contributed by atoms with van der Waals surface area (Å²) in [6, 6.07) is 14.8. The predicted octanol–water partition coefficient (Wildman–Crippen LogP) is 3.82. The topological polar surface area (TPSA) is 55.8 Å². The molecule has 2 aromatic carbocycles. The van der Waals surface area contributed by atoms with Crippen molar-refractivity contribution < 1.29 is 9.90 Å². The highest BCUT2D eigenvalue weighted by atomic mass is 32.2. The zero-order chi connectivity index (χ0) is 18.5. The van der Waals surface area contributed by atoms with E-state index in [0.29, 0.717) is 5.75 Å². The van der Waals surface area contributed by atoms with E-state index in [9.17, 15) is 4.79 Å². The summed E-state index contributed by atoms with van der Waals surface area (Å²) in [5.74, 6) is 0.0206. The van der Waals surface area contributed by atoms with E-state index in [0.717, 1.165) is 24.3 Å². The van der Waals surface area contributed by atoms with E-state index in [2.05, 4.69) is 50.9 Å². The molecule has 0 saturated heterocycles. The number of fused-ring (bicyclic) bond motifs is 1. The van der Waals surface area contributed by atoms with Gasteiger partial charge in [-0.2, -0.15) is 0 Å². The maximum atomic E-state index is 10.8. The van der Waals surface area contributed by atoms with Gasteiger partial charge in [-0.25, -0.2) is 0 Å². The molecule has 1 aliphatic rings. The minimum Gasteiger partial charge on any atom is -0.481 e. The van der Waals surface area contributed by atoms with Gasteiger partial charge < -0.3 is 14.9 Å². The summed E-state index contributed by atoms with van der Waals surface area (Å²) in [5.41, 5.74) is 4.65. The van der Waals surface area contributed by atoms with Crippen molar-refractivity contribution in [2.75, 3.05) is 42.7 Å². The molecule has 0 unspecified atom stereocenters. The van der Waals surface area contributed by atoms with Crippen LogP contribution in [0.15, 0.2) is 47.4 Å². The molecule has 0 radical (unpaired) electrons. The van der Waals surface area contributed by atoms with Crippen LogP contribution in [0.3, 0.4) is 0 Å². The number of aliphatic carboxylic acids is 1. The number of carboxylic acid groups (broad SMARTS) is 1. The van der Waals surface area contributed by atoms with Crippen LogP contribution in [-0.2, 0) is 10.5 Å². The van der Waals surface area contributed by atoms with E-state index in [1.54, 1.807) is 11.9 Å². The van der Waals surface area contributed by atoms with E-state index in [-0.39, 0.29) is 5.75 Å². The van der Waals surface area contributed by atoms with E-state index in [1.807, 2.05) is 20.2 Å². The smallest absolute Gasteiger partial charge is 0.313 e. The molecule has 0 bridgehead atoms. The quantitative estimate of drug-likeness (QED) is 0.729. The Morgan fingerprint density at radius 1 is 1.31 bits per heavy atom. The SMILES string of the molecule is CN(C)c1cc2c(cc1CSCC(=O)O)SNCCN2c1ccccc1. The molecule has 0 fully saturated rings.